The molecule has 17 heavy (non-hydrogen) atoms. The van der Waals surface area contributed by atoms with E-state index in [1.807, 2.05) is 19.9 Å². The van der Waals surface area contributed by atoms with Gasteiger partial charge >= 0.3 is 7.60 Å². The van der Waals surface area contributed by atoms with E-state index in [2.05, 4.69) is 0 Å². The third kappa shape index (κ3) is 4.38. The summed E-state index contributed by atoms with van der Waals surface area (Å²) in [4.78, 5) is 17.5. The lowest BCUT2D eigenvalue weighted by Crippen LogP contribution is -2.01. The van der Waals surface area contributed by atoms with Gasteiger partial charge < -0.3 is 19.3 Å². The average Bonchev–Trinajstić information content (AvgIpc) is 2.24. The molecule has 1 aromatic rings. The van der Waals surface area contributed by atoms with Gasteiger partial charge in [0.15, 0.2) is 17.8 Å². The van der Waals surface area contributed by atoms with E-state index in [1.165, 1.54) is 7.11 Å². The van der Waals surface area contributed by atoms with Crippen molar-refractivity contribution in [1.29, 1.82) is 0 Å². The zero-order valence-corrected chi connectivity index (χ0v) is 11.0. The summed E-state index contributed by atoms with van der Waals surface area (Å²) in [6, 6.07) is 5.36. The van der Waals surface area contributed by atoms with Crippen LogP contribution < -0.4 is 9.47 Å². The summed E-state index contributed by atoms with van der Waals surface area (Å²) in [5.41, 5.74) is 1.02. The number of hydrogen-bond donors (Lipinski definition) is 2. The van der Waals surface area contributed by atoms with Gasteiger partial charge in [0, 0.05) is 0 Å². The van der Waals surface area contributed by atoms with Gasteiger partial charge in [-0.1, -0.05) is 19.9 Å². The zero-order valence-electron chi connectivity index (χ0n) is 10.1. The first-order chi connectivity index (χ1) is 7.83. The van der Waals surface area contributed by atoms with Crippen LogP contribution in [-0.4, -0.2) is 23.2 Å². The fraction of sp³-hybridized carbons (Fsp3) is 0.455. The summed E-state index contributed by atoms with van der Waals surface area (Å²) in [5, 5.41) is 0. The Morgan fingerprint density at radius 1 is 1.29 bits per heavy atom. The maximum atomic E-state index is 10.8. The molecule has 2 N–H and O–H groups in total. The van der Waals surface area contributed by atoms with Crippen molar-refractivity contribution in [3.05, 3.63) is 23.8 Å². The van der Waals surface area contributed by atoms with Gasteiger partial charge in [-0.05, 0) is 23.6 Å². The van der Waals surface area contributed by atoms with E-state index in [-0.39, 0.29) is 0 Å². The van der Waals surface area contributed by atoms with Crippen molar-refractivity contribution in [3.63, 3.8) is 0 Å². The Balaban J connectivity index is 2.94. The van der Waals surface area contributed by atoms with Crippen molar-refractivity contribution >= 4 is 7.60 Å². The number of benzene rings is 1. The second-order valence-electron chi connectivity index (χ2n) is 4.00. The van der Waals surface area contributed by atoms with Gasteiger partial charge in [-0.15, -0.1) is 0 Å². The van der Waals surface area contributed by atoms with E-state index in [9.17, 15) is 4.57 Å². The number of hydrogen-bond acceptors (Lipinski definition) is 3. The number of methoxy groups -OCH3 is 1. The van der Waals surface area contributed by atoms with Gasteiger partial charge in [0.2, 0.25) is 0 Å². The summed E-state index contributed by atoms with van der Waals surface area (Å²) in [6.07, 6.45) is -0.648. The van der Waals surface area contributed by atoms with Crippen molar-refractivity contribution in [2.24, 2.45) is 0 Å². The van der Waals surface area contributed by atoms with E-state index < -0.39 is 13.9 Å². The lowest BCUT2D eigenvalue weighted by atomic mass is 10.0. The molecule has 0 fully saturated rings. The summed E-state index contributed by atoms with van der Waals surface area (Å²) >= 11 is 0. The summed E-state index contributed by atoms with van der Waals surface area (Å²) in [6.45, 7) is 4.04. The molecule has 6 heteroatoms. The van der Waals surface area contributed by atoms with Crippen LogP contribution in [0, 0.1) is 0 Å². The summed E-state index contributed by atoms with van der Waals surface area (Å²) < 4.78 is 20.9. The fourth-order valence-electron chi connectivity index (χ4n) is 1.32. The lowest BCUT2D eigenvalue weighted by molar-refractivity contribution is 0.288. The largest absolute Gasteiger partial charge is 0.493 e. The minimum atomic E-state index is -4.18. The molecule has 96 valence electrons. The van der Waals surface area contributed by atoms with Crippen molar-refractivity contribution < 1.29 is 23.8 Å². The molecule has 0 amide bonds. The topological polar surface area (TPSA) is 76.0 Å². The molecule has 0 unspecified atom stereocenters. The van der Waals surface area contributed by atoms with E-state index in [4.69, 9.17) is 19.3 Å². The highest BCUT2D eigenvalue weighted by Crippen LogP contribution is 2.37. The maximum Gasteiger partial charge on any atom is 0.362 e. The minimum Gasteiger partial charge on any atom is -0.493 e. The minimum absolute atomic E-state index is 0.304. The molecule has 0 radical (unpaired) electrons. The molecule has 0 saturated carbocycles. The van der Waals surface area contributed by atoms with Crippen LogP contribution in [0.1, 0.15) is 25.3 Å². The Hall–Kier alpha value is -1.03. The highest BCUT2D eigenvalue weighted by molar-refractivity contribution is 7.51. The second kappa shape index (κ2) is 5.54. The highest BCUT2D eigenvalue weighted by Gasteiger charge is 2.16. The Bertz CT molecular complexity index is 424. The predicted molar refractivity (Wildman–Crippen MR) is 64.6 cm³/mol. The first kappa shape index (κ1) is 14.0. The predicted octanol–water partition coefficient (Wildman–Crippen LogP) is 2.33. The van der Waals surface area contributed by atoms with Gasteiger partial charge in [-0.2, -0.15) is 0 Å². The molecule has 0 aliphatic carbocycles. The second-order valence-corrected chi connectivity index (χ2v) is 5.59. The van der Waals surface area contributed by atoms with Crippen LogP contribution in [0.2, 0.25) is 0 Å². The first-order valence-corrected chi connectivity index (χ1v) is 6.98. The molecule has 0 spiro atoms. The SMILES string of the molecule is COc1ccc(C(C)C)cc1OCP(=O)(O)O. The standard InChI is InChI=1S/C11H17O5P/c1-8(2)9-4-5-10(15-3)11(6-9)16-7-17(12,13)14/h4-6,8H,7H2,1-3H3,(H2,12,13,14). The molecular formula is C11H17O5P. The Morgan fingerprint density at radius 2 is 1.94 bits per heavy atom. The third-order valence-electron chi connectivity index (χ3n) is 2.24. The molecule has 5 nitrogen and oxygen atoms in total. The van der Waals surface area contributed by atoms with E-state index in [0.717, 1.165) is 5.56 Å². The number of ether oxygens (including phenoxy) is 2. The Labute approximate surface area is 101 Å². The molecule has 1 rings (SSSR count). The Kier molecular flexibility index (Phi) is 4.57. The van der Waals surface area contributed by atoms with Crippen LogP contribution >= 0.6 is 7.60 Å². The normalized spacial score (nSPS) is 11.6. The molecule has 0 bridgehead atoms. The Morgan fingerprint density at radius 3 is 2.41 bits per heavy atom. The van der Waals surface area contributed by atoms with Crippen LogP contribution in [0.15, 0.2) is 18.2 Å². The van der Waals surface area contributed by atoms with Gasteiger partial charge in [0.25, 0.3) is 0 Å². The van der Waals surface area contributed by atoms with Gasteiger partial charge in [0.05, 0.1) is 7.11 Å². The van der Waals surface area contributed by atoms with Crippen LogP contribution in [0.25, 0.3) is 0 Å². The van der Waals surface area contributed by atoms with E-state index in [0.29, 0.717) is 17.4 Å². The van der Waals surface area contributed by atoms with E-state index in [1.54, 1.807) is 12.1 Å². The molecule has 1 aromatic carbocycles. The molecule has 0 aliphatic heterocycles. The molecule has 0 heterocycles. The van der Waals surface area contributed by atoms with Crippen LogP contribution in [0.3, 0.4) is 0 Å². The van der Waals surface area contributed by atoms with Crippen LogP contribution in [0.5, 0.6) is 11.5 Å². The van der Waals surface area contributed by atoms with Crippen LogP contribution in [-0.2, 0) is 4.57 Å². The third-order valence-corrected chi connectivity index (χ3v) is 2.71. The van der Waals surface area contributed by atoms with Crippen LogP contribution in [0.4, 0.5) is 0 Å². The van der Waals surface area contributed by atoms with Crippen molar-refractivity contribution in [1.82, 2.24) is 0 Å². The fourth-order valence-corrected chi connectivity index (χ4v) is 1.63. The molecule has 0 aromatic heterocycles. The zero-order chi connectivity index (χ0) is 13.1. The van der Waals surface area contributed by atoms with Crippen molar-refractivity contribution in [2.45, 2.75) is 19.8 Å². The monoisotopic (exact) mass is 260 g/mol. The highest BCUT2D eigenvalue weighted by atomic mass is 31.2. The molecular weight excluding hydrogens is 243 g/mol. The smallest absolute Gasteiger partial charge is 0.362 e. The summed E-state index contributed by atoms with van der Waals surface area (Å²) in [7, 11) is -2.70. The number of rotatable bonds is 5. The summed E-state index contributed by atoms with van der Waals surface area (Å²) in [5.74, 6) is 1.11. The van der Waals surface area contributed by atoms with Crippen molar-refractivity contribution in [2.75, 3.05) is 13.5 Å². The van der Waals surface area contributed by atoms with Crippen molar-refractivity contribution in [3.8, 4) is 11.5 Å². The average molecular weight is 260 g/mol. The van der Waals surface area contributed by atoms with E-state index >= 15 is 0 Å². The molecule has 0 aliphatic rings. The van der Waals surface area contributed by atoms with Gasteiger partial charge in [-0.3, -0.25) is 4.57 Å². The maximum absolute atomic E-state index is 10.8. The lowest BCUT2D eigenvalue weighted by Gasteiger charge is -2.14. The molecule has 0 saturated heterocycles. The van der Waals surface area contributed by atoms with Gasteiger partial charge in [-0.25, -0.2) is 0 Å². The quantitative estimate of drug-likeness (QED) is 0.794. The molecule has 0 atom stereocenters. The first-order valence-electron chi connectivity index (χ1n) is 5.19. The van der Waals surface area contributed by atoms with Gasteiger partial charge in [0.1, 0.15) is 0 Å².